The van der Waals surface area contributed by atoms with E-state index in [1.807, 2.05) is 18.2 Å². The fourth-order valence-corrected chi connectivity index (χ4v) is 4.00. The predicted octanol–water partition coefficient (Wildman–Crippen LogP) is 2.63. The second-order valence-electron chi connectivity index (χ2n) is 7.72. The van der Waals surface area contributed by atoms with Crippen molar-refractivity contribution in [1.29, 1.82) is 0 Å². The fourth-order valence-electron chi connectivity index (χ4n) is 4.00. The highest BCUT2D eigenvalue weighted by molar-refractivity contribution is 5.99. The molecule has 2 aliphatic rings. The van der Waals surface area contributed by atoms with Crippen LogP contribution in [-0.2, 0) is 22.4 Å². The molecule has 0 spiro atoms. The number of fused-ring (bicyclic) bond motifs is 1. The van der Waals surface area contributed by atoms with Crippen LogP contribution in [0.3, 0.4) is 0 Å². The van der Waals surface area contributed by atoms with E-state index < -0.39 is 5.82 Å². The minimum Gasteiger partial charge on any atom is -0.339 e. The van der Waals surface area contributed by atoms with Crippen LogP contribution in [-0.4, -0.2) is 53.7 Å². The number of hydrogen-bond acceptors (Lipinski definition) is 3. The molecule has 0 aliphatic carbocycles. The Hall–Kier alpha value is -3.22. The Morgan fingerprint density at radius 3 is 2.50 bits per heavy atom. The van der Waals surface area contributed by atoms with E-state index in [1.54, 1.807) is 21.9 Å². The van der Waals surface area contributed by atoms with Crippen molar-refractivity contribution in [1.82, 2.24) is 9.80 Å². The van der Waals surface area contributed by atoms with E-state index in [0.29, 0.717) is 39.0 Å². The summed E-state index contributed by atoms with van der Waals surface area (Å²) in [5.41, 5.74) is 3.09. The summed E-state index contributed by atoms with van der Waals surface area (Å²) in [5.74, 6) is -0.756. The van der Waals surface area contributed by atoms with E-state index >= 15 is 0 Å². The molecule has 0 aromatic heterocycles. The molecule has 4 rings (SSSR count). The molecule has 0 saturated carbocycles. The fraction of sp³-hybridized carbons (Fsp3) is 0.348. The maximum atomic E-state index is 13.8. The monoisotopic (exact) mass is 409 g/mol. The summed E-state index contributed by atoms with van der Waals surface area (Å²) in [6, 6.07) is 11.9. The number of nitrogens with one attached hydrogen (secondary N) is 1. The van der Waals surface area contributed by atoms with Gasteiger partial charge in [-0.2, -0.15) is 0 Å². The molecule has 2 heterocycles. The molecule has 156 valence electrons. The first kappa shape index (κ1) is 20.1. The van der Waals surface area contributed by atoms with Crippen LogP contribution in [0.1, 0.15) is 34.3 Å². The first-order valence-electron chi connectivity index (χ1n) is 10.2. The first-order chi connectivity index (χ1) is 14.5. The Morgan fingerprint density at radius 1 is 1.00 bits per heavy atom. The lowest BCUT2D eigenvalue weighted by Gasteiger charge is -2.35. The number of aryl methyl sites for hydroxylation is 1. The van der Waals surface area contributed by atoms with E-state index in [-0.39, 0.29) is 23.3 Å². The maximum Gasteiger partial charge on any atom is 0.256 e. The number of nitrogens with zero attached hydrogens (tertiary/aromatic N) is 2. The summed E-state index contributed by atoms with van der Waals surface area (Å²) in [7, 11) is 0. The number of hydrogen-bond donors (Lipinski definition) is 1. The van der Waals surface area contributed by atoms with Crippen molar-refractivity contribution in [3.8, 4) is 0 Å². The standard InChI is InChI=1S/C23H24FN3O3/c24-19-6-2-1-5-18(19)23(30)27-12-10-26(11-13-27)22(29)7-3-4-16-8-9-20-17(14-16)15-21(28)25-20/h1-2,5-6,8-9,14H,3-4,7,10-13,15H2,(H,25,28). The van der Waals surface area contributed by atoms with Gasteiger partial charge in [-0.05, 0) is 42.2 Å². The summed E-state index contributed by atoms with van der Waals surface area (Å²) in [6.07, 6.45) is 2.36. The molecule has 7 heteroatoms. The van der Waals surface area contributed by atoms with Gasteiger partial charge in [0.1, 0.15) is 5.82 Å². The van der Waals surface area contributed by atoms with Gasteiger partial charge >= 0.3 is 0 Å². The molecular weight excluding hydrogens is 385 g/mol. The third-order valence-electron chi connectivity index (χ3n) is 5.67. The molecule has 1 N–H and O–H groups in total. The largest absolute Gasteiger partial charge is 0.339 e. The second kappa shape index (κ2) is 8.65. The van der Waals surface area contributed by atoms with Crippen molar-refractivity contribution in [2.24, 2.45) is 0 Å². The van der Waals surface area contributed by atoms with Crippen LogP contribution >= 0.6 is 0 Å². The zero-order chi connectivity index (χ0) is 21.1. The summed E-state index contributed by atoms with van der Waals surface area (Å²) in [5, 5.41) is 2.82. The highest BCUT2D eigenvalue weighted by Crippen LogP contribution is 2.24. The maximum absolute atomic E-state index is 13.8. The number of halogens is 1. The van der Waals surface area contributed by atoms with Crippen LogP contribution in [0.2, 0.25) is 0 Å². The Morgan fingerprint density at radius 2 is 1.73 bits per heavy atom. The van der Waals surface area contributed by atoms with Gasteiger partial charge < -0.3 is 15.1 Å². The number of piperazine rings is 1. The van der Waals surface area contributed by atoms with E-state index in [0.717, 1.165) is 29.7 Å². The number of carbonyl (C=O) groups excluding carboxylic acids is 3. The van der Waals surface area contributed by atoms with Gasteiger partial charge in [-0.15, -0.1) is 0 Å². The third-order valence-corrected chi connectivity index (χ3v) is 5.67. The molecular formula is C23H24FN3O3. The summed E-state index contributed by atoms with van der Waals surface area (Å²) in [4.78, 5) is 39.8. The average molecular weight is 409 g/mol. The van der Waals surface area contributed by atoms with Crippen LogP contribution in [0.4, 0.5) is 10.1 Å². The molecule has 2 aliphatic heterocycles. The molecule has 0 bridgehead atoms. The van der Waals surface area contributed by atoms with Gasteiger partial charge in [0, 0.05) is 38.3 Å². The van der Waals surface area contributed by atoms with E-state index in [1.165, 1.54) is 12.1 Å². The van der Waals surface area contributed by atoms with Gasteiger partial charge in [-0.3, -0.25) is 14.4 Å². The highest BCUT2D eigenvalue weighted by Gasteiger charge is 2.26. The van der Waals surface area contributed by atoms with Crippen molar-refractivity contribution < 1.29 is 18.8 Å². The zero-order valence-electron chi connectivity index (χ0n) is 16.7. The molecule has 0 atom stereocenters. The van der Waals surface area contributed by atoms with Crippen LogP contribution in [0.5, 0.6) is 0 Å². The smallest absolute Gasteiger partial charge is 0.256 e. The Labute approximate surface area is 174 Å². The molecule has 0 radical (unpaired) electrons. The molecule has 30 heavy (non-hydrogen) atoms. The van der Waals surface area contributed by atoms with Gasteiger partial charge in [-0.1, -0.05) is 24.3 Å². The van der Waals surface area contributed by atoms with E-state index in [2.05, 4.69) is 5.32 Å². The van der Waals surface area contributed by atoms with E-state index in [4.69, 9.17) is 0 Å². The summed E-state index contributed by atoms with van der Waals surface area (Å²) >= 11 is 0. The van der Waals surface area contributed by atoms with Crippen molar-refractivity contribution in [3.63, 3.8) is 0 Å². The Balaban J connectivity index is 1.23. The third kappa shape index (κ3) is 4.35. The minimum absolute atomic E-state index is 0.0185. The SMILES string of the molecule is O=C1Cc2cc(CCCC(=O)N3CCN(C(=O)c4ccccc4F)CC3)ccc2N1. The van der Waals surface area contributed by atoms with Crippen molar-refractivity contribution in [3.05, 3.63) is 65.0 Å². The number of benzene rings is 2. The lowest BCUT2D eigenvalue weighted by atomic mass is 10.0. The molecule has 1 fully saturated rings. The topological polar surface area (TPSA) is 69.7 Å². The molecule has 3 amide bonds. The summed E-state index contributed by atoms with van der Waals surface area (Å²) in [6.45, 7) is 1.74. The van der Waals surface area contributed by atoms with Crippen LogP contribution in [0, 0.1) is 5.82 Å². The van der Waals surface area contributed by atoms with Crippen molar-refractivity contribution in [2.75, 3.05) is 31.5 Å². The van der Waals surface area contributed by atoms with Crippen LogP contribution in [0.15, 0.2) is 42.5 Å². The lowest BCUT2D eigenvalue weighted by molar-refractivity contribution is -0.132. The molecule has 6 nitrogen and oxygen atoms in total. The van der Waals surface area contributed by atoms with Gasteiger partial charge in [-0.25, -0.2) is 4.39 Å². The number of anilines is 1. The van der Waals surface area contributed by atoms with Crippen molar-refractivity contribution in [2.45, 2.75) is 25.7 Å². The lowest BCUT2D eigenvalue weighted by Crippen LogP contribution is -2.50. The molecule has 0 unspecified atom stereocenters. The van der Waals surface area contributed by atoms with Crippen LogP contribution < -0.4 is 5.32 Å². The van der Waals surface area contributed by atoms with Gasteiger partial charge in [0.15, 0.2) is 0 Å². The first-order valence-corrected chi connectivity index (χ1v) is 10.2. The quantitative estimate of drug-likeness (QED) is 0.825. The van der Waals surface area contributed by atoms with Crippen molar-refractivity contribution >= 4 is 23.4 Å². The van der Waals surface area contributed by atoms with Gasteiger partial charge in [0.05, 0.1) is 12.0 Å². The van der Waals surface area contributed by atoms with Gasteiger partial charge in [0.25, 0.3) is 5.91 Å². The number of carbonyl (C=O) groups is 3. The van der Waals surface area contributed by atoms with Crippen LogP contribution in [0.25, 0.3) is 0 Å². The van der Waals surface area contributed by atoms with E-state index in [9.17, 15) is 18.8 Å². The predicted molar refractivity (Wildman–Crippen MR) is 111 cm³/mol. The highest BCUT2D eigenvalue weighted by atomic mass is 19.1. The minimum atomic E-state index is -0.521. The Kier molecular flexibility index (Phi) is 5.79. The normalized spacial score (nSPS) is 15.7. The molecule has 2 aromatic carbocycles. The molecule has 1 saturated heterocycles. The van der Waals surface area contributed by atoms with Gasteiger partial charge in [0.2, 0.25) is 11.8 Å². The summed E-state index contributed by atoms with van der Waals surface area (Å²) < 4.78 is 13.8. The number of rotatable bonds is 5. The zero-order valence-corrected chi connectivity index (χ0v) is 16.7. The average Bonchev–Trinajstić information content (AvgIpc) is 3.13. The molecule has 2 aromatic rings. The number of amides is 3. The second-order valence-corrected chi connectivity index (χ2v) is 7.72. The Bertz CT molecular complexity index is 983.